The van der Waals surface area contributed by atoms with E-state index in [1.165, 1.54) is 10.9 Å². The van der Waals surface area contributed by atoms with Crippen LogP contribution in [-0.4, -0.2) is 24.7 Å². The summed E-state index contributed by atoms with van der Waals surface area (Å²) in [5.41, 5.74) is 2.35. The molecule has 3 nitrogen and oxygen atoms in total. The molecule has 108 valence electrons. The summed E-state index contributed by atoms with van der Waals surface area (Å²) in [6, 6.07) is 18.7. The van der Waals surface area contributed by atoms with Gasteiger partial charge in [-0.2, -0.15) is 0 Å². The van der Waals surface area contributed by atoms with E-state index < -0.39 is 0 Å². The predicted molar refractivity (Wildman–Crippen MR) is 86.8 cm³/mol. The van der Waals surface area contributed by atoms with Crippen LogP contribution in [0.25, 0.3) is 10.9 Å². The minimum Gasteiger partial charge on any atom is -0.487 e. The number of hydrogen-bond donors (Lipinski definition) is 2. The molecule has 0 bridgehead atoms. The fraction of sp³-hybridized carbons (Fsp3) is 0.222. The molecule has 0 fully saturated rings. The maximum atomic E-state index is 6.24. The number of rotatable bonds is 6. The molecule has 1 atom stereocenters. The molecule has 0 radical (unpaired) electrons. The molecule has 0 unspecified atom stereocenters. The zero-order valence-corrected chi connectivity index (χ0v) is 12.2. The van der Waals surface area contributed by atoms with Gasteiger partial charge in [0.2, 0.25) is 0 Å². The van der Waals surface area contributed by atoms with Gasteiger partial charge in [-0.25, -0.2) is 0 Å². The van der Waals surface area contributed by atoms with E-state index in [0.717, 1.165) is 24.2 Å². The van der Waals surface area contributed by atoms with Gasteiger partial charge in [0.05, 0.1) is 5.52 Å². The molecule has 0 spiro atoms. The zero-order chi connectivity index (χ0) is 14.5. The van der Waals surface area contributed by atoms with Crippen LogP contribution in [0.3, 0.4) is 0 Å². The Kier molecular flexibility index (Phi) is 4.22. The van der Waals surface area contributed by atoms with Crippen LogP contribution in [0.15, 0.2) is 60.8 Å². The number of para-hydroxylation sites is 1. The van der Waals surface area contributed by atoms with Gasteiger partial charge in [-0.3, -0.25) is 0 Å². The summed E-state index contributed by atoms with van der Waals surface area (Å²) < 4.78 is 6.24. The largest absolute Gasteiger partial charge is 0.487 e. The minimum absolute atomic E-state index is 0.103. The maximum absolute atomic E-state index is 6.24. The SMILES string of the molecule is CNC[C@H](Cc1ccccc1)Oc1cccc2cc[nH]c12. The number of H-pyrrole nitrogens is 1. The summed E-state index contributed by atoms with van der Waals surface area (Å²) >= 11 is 0. The van der Waals surface area contributed by atoms with Crippen molar-refractivity contribution in [2.24, 2.45) is 0 Å². The van der Waals surface area contributed by atoms with Gasteiger partial charge < -0.3 is 15.0 Å². The van der Waals surface area contributed by atoms with Gasteiger partial charge >= 0.3 is 0 Å². The highest BCUT2D eigenvalue weighted by Crippen LogP contribution is 2.25. The summed E-state index contributed by atoms with van der Waals surface area (Å²) in [4.78, 5) is 3.25. The van der Waals surface area contributed by atoms with Gasteiger partial charge in [-0.1, -0.05) is 42.5 Å². The van der Waals surface area contributed by atoms with Crippen molar-refractivity contribution < 1.29 is 4.74 Å². The lowest BCUT2D eigenvalue weighted by atomic mass is 10.1. The highest BCUT2D eigenvalue weighted by Gasteiger charge is 2.13. The highest BCUT2D eigenvalue weighted by atomic mass is 16.5. The van der Waals surface area contributed by atoms with Gasteiger partial charge in [0, 0.05) is 24.5 Å². The molecule has 3 aromatic rings. The quantitative estimate of drug-likeness (QED) is 0.726. The Morgan fingerprint density at radius 3 is 2.71 bits per heavy atom. The van der Waals surface area contributed by atoms with Crippen molar-refractivity contribution in [2.75, 3.05) is 13.6 Å². The molecule has 0 aliphatic heterocycles. The van der Waals surface area contributed by atoms with Crippen LogP contribution >= 0.6 is 0 Å². The first-order valence-electron chi connectivity index (χ1n) is 7.28. The van der Waals surface area contributed by atoms with Crippen LogP contribution in [0.4, 0.5) is 0 Å². The van der Waals surface area contributed by atoms with Crippen molar-refractivity contribution in [3.05, 3.63) is 66.4 Å². The summed E-state index contributed by atoms with van der Waals surface area (Å²) in [5.74, 6) is 0.911. The molecule has 0 amide bonds. The monoisotopic (exact) mass is 280 g/mol. The first-order chi connectivity index (χ1) is 10.4. The zero-order valence-electron chi connectivity index (χ0n) is 12.2. The summed E-state index contributed by atoms with van der Waals surface area (Å²) in [6.45, 7) is 0.811. The van der Waals surface area contributed by atoms with E-state index in [-0.39, 0.29) is 6.10 Å². The molecule has 0 saturated carbocycles. The van der Waals surface area contributed by atoms with Gasteiger partial charge in [-0.15, -0.1) is 0 Å². The van der Waals surface area contributed by atoms with Gasteiger partial charge in [0.25, 0.3) is 0 Å². The third-order valence-electron chi connectivity index (χ3n) is 3.58. The summed E-state index contributed by atoms with van der Waals surface area (Å²) in [7, 11) is 1.95. The van der Waals surface area contributed by atoms with E-state index in [1.807, 2.05) is 31.4 Å². The molecular formula is C18H20N2O. The topological polar surface area (TPSA) is 37.0 Å². The number of nitrogens with one attached hydrogen (secondary N) is 2. The first-order valence-corrected chi connectivity index (χ1v) is 7.28. The van der Waals surface area contributed by atoms with Crippen LogP contribution in [-0.2, 0) is 6.42 Å². The second-order valence-corrected chi connectivity index (χ2v) is 5.19. The highest BCUT2D eigenvalue weighted by molar-refractivity contribution is 5.85. The smallest absolute Gasteiger partial charge is 0.143 e. The standard InChI is InChI=1S/C18H20N2O/c1-19-13-16(12-14-6-3-2-4-7-14)21-17-9-5-8-15-10-11-20-18(15)17/h2-11,16,19-20H,12-13H2,1H3/t16-/m0/s1. The number of ether oxygens (including phenoxy) is 1. The molecule has 2 N–H and O–H groups in total. The third kappa shape index (κ3) is 3.26. The molecule has 0 aliphatic rings. The van der Waals surface area contributed by atoms with Gasteiger partial charge in [-0.05, 0) is 24.7 Å². The molecular weight excluding hydrogens is 260 g/mol. The van der Waals surface area contributed by atoms with E-state index in [9.17, 15) is 0 Å². The summed E-state index contributed by atoms with van der Waals surface area (Å²) in [5, 5.41) is 4.39. The molecule has 1 aromatic heterocycles. The lowest BCUT2D eigenvalue weighted by molar-refractivity contribution is 0.203. The van der Waals surface area contributed by atoms with Crippen molar-refractivity contribution >= 4 is 10.9 Å². The van der Waals surface area contributed by atoms with Crippen molar-refractivity contribution in [1.82, 2.24) is 10.3 Å². The van der Waals surface area contributed by atoms with E-state index in [4.69, 9.17) is 4.74 Å². The number of benzene rings is 2. The number of hydrogen-bond acceptors (Lipinski definition) is 2. The fourth-order valence-electron chi connectivity index (χ4n) is 2.59. The lowest BCUT2D eigenvalue weighted by Crippen LogP contribution is -2.31. The molecule has 3 rings (SSSR count). The van der Waals surface area contributed by atoms with Crippen LogP contribution < -0.4 is 10.1 Å². The van der Waals surface area contributed by atoms with E-state index in [1.54, 1.807) is 0 Å². The Balaban J connectivity index is 1.80. The molecule has 0 saturated heterocycles. The maximum Gasteiger partial charge on any atom is 0.143 e. The third-order valence-corrected chi connectivity index (χ3v) is 3.58. The molecule has 0 aliphatic carbocycles. The second kappa shape index (κ2) is 6.46. The first kappa shape index (κ1) is 13.7. The lowest BCUT2D eigenvalue weighted by Gasteiger charge is -2.19. The Bertz CT molecular complexity index is 691. The average Bonchev–Trinajstić information content (AvgIpc) is 2.98. The average molecular weight is 280 g/mol. The Hall–Kier alpha value is -2.26. The molecule has 3 heteroatoms. The Labute approximate surface area is 125 Å². The minimum atomic E-state index is 0.103. The molecule has 1 heterocycles. The number of fused-ring (bicyclic) bond motifs is 1. The number of aromatic nitrogens is 1. The number of likely N-dealkylation sites (N-methyl/N-ethyl adjacent to an activating group) is 1. The predicted octanol–water partition coefficient (Wildman–Crippen LogP) is 3.38. The summed E-state index contributed by atoms with van der Waals surface area (Å²) in [6.07, 6.45) is 2.94. The fourth-order valence-corrected chi connectivity index (χ4v) is 2.59. The van der Waals surface area contributed by atoms with Gasteiger partial charge in [0.15, 0.2) is 0 Å². The number of aromatic amines is 1. The van der Waals surface area contributed by atoms with Crippen LogP contribution in [0.2, 0.25) is 0 Å². The van der Waals surface area contributed by atoms with Crippen molar-refractivity contribution in [3.63, 3.8) is 0 Å². The van der Waals surface area contributed by atoms with Crippen molar-refractivity contribution in [2.45, 2.75) is 12.5 Å². The Morgan fingerprint density at radius 2 is 1.90 bits per heavy atom. The van der Waals surface area contributed by atoms with E-state index >= 15 is 0 Å². The van der Waals surface area contributed by atoms with Crippen molar-refractivity contribution in [3.8, 4) is 5.75 Å². The van der Waals surface area contributed by atoms with Gasteiger partial charge in [0.1, 0.15) is 11.9 Å². The van der Waals surface area contributed by atoms with Crippen LogP contribution in [0.5, 0.6) is 5.75 Å². The Morgan fingerprint density at radius 1 is 1.05 bits per heavy atom. The van der Waals surface area contributed by atoms with E-state index in [0.29, 0.717) is 0 Å². The second-order valence-electron chi connectivity index (χ2n) is 5.19. The van der Waals surface area contributed by atoms with Crippen molar-refractivity contribution in [1.29, 1.82) is 0 Å². The molecule has 2 aromatic carbocycles. The normalized spacial score (nSPS) is 12.4. The van der Waals surface area contributed by atoms with Crippen LogP contribution in [0.1, 0.15) is 5.56 Å². The molecule has 21 heavy (non-hydrogen) atoms. The van der Waals surface area contributed by atoms with E-state index in [2.05, 4.69) is 46.7 Å². The van der Waals surface area contributed by atoms with Crippen LogP contribution in [0, 0.1) is 0 Å².